The first-order chi connectivity index (χ1) is 6.78. The zero-order valence-electron chi connectivity index (χ0n) is 9.73. The third-order valence-corrected chi connectivity index (χ3v) is 2.75. The minimum Gasteiger partial charge on any atom is -0.393 e. The standard InChI is InChI=1S/C11H21NO3/c1-11(2,15)6-10(14)12(3)7-8-4-9(13)5-8/h8-9,13,15H,4-7H2,1-3H3. The molecular formula is C11H21NO3. The molecule has 4 heteroatoms. The van der Waals surface area contributed by atoms with Gasteiger partial charge in [0.1, 0.15) is 0 Å². The Hall–Kier alpha value is -0.610. The van der Waals surface area contributed by atoms with E-state index < -0.39 is 5.60 Å². The summed E-state index contributed by atoms with van der Waals surface area (Å²) in [6, 6.07) is 0. The maximum atomic E-state index is 11.6. The summed E-state index contributed by atoms with van der Waals surface area (Å²) in [7, 11) is 1.75. The highest BCUT2D eigenvalue weighted by Crippen LogP contribution is 2.27. The van der Waals surface area contributed by atoms with Gasteiger partial charge in [0, 0.05) is 13.6 Å². The van der Waals surface area contributed by atoms with Crippen LogP contribution >= 0.6 is 0 Å². The summed E-state index contributed by atoms with van der Waals surface area (Å²) in [5.74, 6) is 0.389. The Morgan fingerprint density at radius 1 is 1.47 bits per heavy atom. The molecule has 1 aliphatic carbocycles. The Balaban J connectivity index is 2.27. The van der Waals surface area contributed by atoms with Gasteiger partial charge in [-0.25, -0.2) is 0 Å². The monoisotopic (exact) mass is 215 g/mol. The SMILES string of the molecule is CN(CC1CC(O)C1)C(=O)CC(C)(C)O. The van der Waals surface area contributed by atoms with E-state index in [1.807, 2.05) is 0 Å². The molecule has 1 rings (SSSR count). The number of amides is 1. The number of carbonyl (C=O) groups excluding carboxylic acids is 1. The van der Waals surface area contributed by atoms with Crippen molar-refractivity contribution in [3.8, 4) is 0 Å². The van der Waals surface area contributed by atoms with E-state index in [0.29, 0.717) is 12.5 Å². The third kappa shape index (κ3) is 4.18. The van der Waals surface area contributed by atoms with Crippen LogP contribution in [0, 0.1) is 5.92 Å². The largest absolute Gasteiger partial charge is 0.393 e. The van der Waals surface area contributed by atoms with Crippen LogP contribution in [-0.4, -0.2) is 46.3 Å². The molecule has 0 heterocycles. The highest BCUT2D eigenvalue weighted by Gasteiger charge is 2.30. The molecule has 1 saturated carbocycles. The normalized spacial score (nSPS) is 25.9. The van der Waals surface area contributed by atoms with Crippen molar-refractivity contribution in [2.75, 3.05) is 13.6 Å². The van der Waals surface area contributed by atoms with E-state index in [2.05, 4.69) is 0 Å². The molecule has 0 radical (unpaired) electrons. The number of aliphatic hydroxyl groups is 2. The van der Waals surface area contributed by atoms with Crippen LogP contribution in [0.3, 0.4) is 0 Å². The highest BCUT2D eigenvalue weighted by molar-refractivity contribution is 5.76. The van der Waals surface area contributed by atoms with Crippen LogP contribution in [0.2, 0.25) is 0 Å². The second-order valence-electron chi connectivity index (χ2n) is 5.25. The number of hydrogen-bond acceptors (Lipinski definition) is 3. The smallest absolute Gasteiger partial charge is 0.225 e. The van der Waals surface area contributed by atoms with Crippen molar-refractivity contribution in [2.45, 2.75) is 44.8 Å². The van der Waals surface area contributed by atoms with E-state index in [1.165, 1.54) is 0 Å². The molecule has 0 saturated heterocycles. The second-order valence-corrected chi connectivity index (χ2v) is 5.25. The van der Waals surface area contributed by atoms with E-state index in [1.54, 1.807) is 25.8 Å². The van der Waals surface area contributed by atoms with Crippen LogP contribution in [0.1, 0.15) is 33.1 Å². The fourth-order valence-corrected chi connectivity index (χ4v) is 1.84. The summed E-state index contributed by atoms with van der Waals surface area (Å²) in [6.45, 7) is 3.95. The molecule has 2 N–H and O–H groups in total. The molecule has 0 atom stereocenters. The van der Waals surface area contributed by atoms with Gasteiger partial charge in [-0.3, -0.25) is 4.79 Å². The van der Waals surface area contributed by atoms with Gasteiger partial charge in [-0.15, -0.1) is 0 Å². The molecule has 15 heavy (non-hydrogen) atoms. The van der Waals surface area contributed by atoms with Gasteiger partial charge in [-0.1, -0.05) is 0 Å². The van der Waals surface area contributed by atoms with Crippen LogP contribution in [-0.2, 0) is 4.79 Å². The minimum atomic E-state index is -0.940. The lowest BCUT2D eigenvalue weighted by atomic mass is 9.82. The highest BCUT2D eigenvalue weighted by atomic mass is 16.3. The molecule has 0 unspecified atom stereocenters. The van der Waals surface area contributed by atoms with Crippen molar-refractivity contribution < 1.29 is 15.0 Å². The summed E-state index contributed by atoms with van der Waals surface area (Å²) in [4.78, 5) is 13.3. The minimum absolute atomic E-state index is 0.0381. The quantitative estimate of drug-likeness (QED) is 0.712. The molecule has 0 aromatic heterocycles. The van der Waals surface area contributed by atoms with Gasteiger partial charge in [-0.05, 0) is 32.6 Å². The molecule has 0 spiro atoms. The van der Waals surface area contributed by atoms with Crippen LogP contribution in [0.4, 0.5) is 0 Å². The summed E-state index contributed by atoms with van der Waals surface area (Å²) < 4.78 is 0. The van der Waals surface area contributed by atoms with E-state index in [4.69, 9.17) is 5.11 Å². The Bertz CT molecular complexity index is 228. The van der Waals surface area contributed by atoms with Crippen molar-refractivity contribution in [1.29, 1.82) is 0 Å². The van der Waals surface area contributed by atoms with Gasteiger partial charge in [0.25, 0.3) is 0 Å². The average Bonchev–Trinajstić information content (AvgIpc) is 1.98. The summed E-state index contributed by atoms with van der Waals surface area (Å²) >= 11 is 0. The van der Waals surface area contributed by atoms with Gasteiger partial charge in [0.2, 0.25) is 5.91 Å². The molecule has 0 aliphatic heterocycles. The molecule has 88 valence electrons. The second kappa shape index (κ2) is 4.49. The van der Waals surface area contributed by atoms with E-state index in [0.717, 1.165) is 12.8 Å². The average molecular weight is 215 g/mol. The fraction of sp³-hybridized carbons (Fsp3) is 0.909. The summed E-state index contributed by atoms with van der Waals surface area (Å²) in [5.41, 5.74) is -0.940. The summed E-state index contributed by atoms with van der Waals surface area (Å²) in [6.07, 6.45) is 1.56. The van der Waals surface area contributed by atoms with Crippen molar-refractivity contribution in [3.05, 3.63) is 0 Å². The first-order valence-electron chi connectivity index (χ1n) is 5.42. The number of nitrogens with zero attached hydrogens (tertiary/aromatic N) is 1. The number of hydrogen-bond donors (Lipinski definition) is 2. The molecule has 0 bridgehead atoms. The molecule has 1 aliphatic rings. The maximum absolute atomic E-state index is 11.6. The Labute approximate surface area is 90.9 Å². The Kier molecular flexibility index (Phi) is 3.73. The predicted octanol–water partition coefficient (Wildman–Crippen LogP) is 0.377. The predicted molar refractivity (Wildman–Crippen MR) is 57.3 cm³/mol. The number of carbonyl (C=O) groups is 1. The molecule has 0 aromatic rings. The van der Waals surface area contributed by atoms with Gasteiger partial charge in [-0.2, -0.15) is 0 Å². The van der Waals surface area contributed by atoms with Gasteiger partial charge in [0.05, 0.1) is 18.1 Å². The molecule has 4 nitrogen and oxygen atoms in total. The lowest BCUT2D eigenvalue weighted by Gasteiger charge is -2.35. The third-order valence-electron chi connectivity index (χ3n) is 2.75. The Morgan fingerprint density at radius 3 is 2.40 bits per heavy atom. The van der Waals surface area contributed by atoms with Crippen LogP contribution in [0.5, 0.6) is 0 Å². The van der Waals surface area contributed by atoms with Gasteiger partial charge >= 0.3 is 0 Å². The number of rotatable bonds is 4. The van der Waals surface area contributed by atoms with Gasteiger partial charge < -0.3 is 15.1 Å². The van der Waals surface area contributed by atoms with Crippen molar-refractivity contribution in [1.82, 2.24) is 4.90 Å². The summed E-state index contributed by atoms with van der Waals surface area (Å²) in [5, 5.41) is 18.6. The van der Waals surface area contributed by atoms with E-state index >= 15 is 0 Å². The van der Waals surface area contributed by atoms with Crippen molar-refractivity contribution in [2.24, 2.45) is 5.92 Å². The maximum Gasteiger partial charge on any atom is 0.225 e. The lowest BCUT2D eigenvalue weighted by molar-refractivity contribution is -0.135. The van der Waals surface area contributed by atoms with E-state index in [-0.39, 0.29) is 18.4 Å². The Morgan fingerprint density at radius 2 is 2.00 bits per heavy atom. The van der Waals surface area contributed by atoms with E-state index in [9.17, 15) is 9.90 Å². The number of aliphatic hydroxyl groups excluding tert-OH is 1. The van der Waals surface area contributed by atoms with Crippen molar-refractivity contribution >= 4 is 5.91 Å². The first-order valence-corrected chi connectivity index (χ1v) is 5.42. The molecule has 0 aromatic carbocycles. The molecule has 1 fully saturated rings. The van der Waals surface area contributed by atoms with Crippen LogP contribution < -0.4 is 0 Å². The van der Waals surface area contributed by atoms with Crippen LogP contribution in [0.15, 0.2) is 0 Å². The van der Waals surface area contributed by atoms with Crippen LogP contribution in [0.25, 0.3) is 0 Å². The molecular weight excluding hydrogens is 194 g/mol. The van der Waals surface area contributed by atoms with Gasteiger partial charge in [0.15, 0.2) is 0 Å². The zero-order valence-corrected chi connectivity index (χ0v) is 9.73. The van der Waals surface area contributed by atoms with Crippen molar-refractivity contribution in [3.63, 3.8) is 0 Å². The first kappa shape index (κ1) is 12.5. The fourth-order valence-electron chi connectivity index (χ4n) is 1.84. The lowest BCUT2D eigenvalue weighted by Crippen LogP contribution is -2.41. The zero-order chi connectivity index (χ0) is 11.6. The topological polar surface area (TPSA) is 60.8 Å². The molecule has 1 amide bonds.